The van der Waals surface area contributed by atoms with Gasteiger partial charge in [-0.3, -0.25) is 0 Å². The van der Waals surface area contributed by atoms with Crippen molar-refractivity contribution >= 4 is 6.09 Å². The van der Waals surface area contributed by atoms with Crippen molar-refractivity contribution in [3.05, 3.63) is 42.4 Å². The van der Waals surface area contributed by atoms with Gasteiger partial charge in [-0.2, -0.15) is 0 Å². The molecule has 0 radical (unpaired) electrons. The van der Waals surface area contributed by atoms with E-state index in [0.29, 0.717) is 0 Å². The molecular weight excluding hydrogens is 218 g/mol. The van der Waals surface area contributed by atoms with Gasteiger partial charge in [0.15, 0.2) is 0 Å². The van der Waals surface area contributed by atoms with E-state index in [9.17, 15) is 4.79 Å². The Hall–Kier alpha value is -2.30. The van der Waals surface area contributed by atoms with Gasteiger partial charge in [-0.05, 0) is 5.56 Å². The van der Waals surface area contributed by atoms with E-state index in [2.05, 4.69) is 4.98 Å². The number of carbonyl (C=O) groups is 1. The minimum absolute atomic E-state index is 0.0313. The fourth-order valence-electron chi connectivity index (χ4n) is 2.26. The van der Waals surface area contributed by atoms with E-state index >= 15 is 0 Å². The number of amides is 1. The molecule has 1 aromatic heterocycles. The number of rotatable bonds is 2. The van der Waals surface area contributed by atoms with Crippen molar-refractivity contribution in [2.24, 2.45) is 5.73 Å². The number of carbonyl (C=O) groups excluding carboxylic acids is 1. The Balaban J connectivity index is 2.02. The number of primary amides is 1. The third kappa shape index (κ3) is 1.47. The normalized spacial score (nSPS) is 16.4. The first-order chi connectivity index (χ1) is 8.27. The predicted octanol–water partition coefficient (Wildman–Crippen LogP) is 1.55. The Labute approximate surface area is 97.8 Å². The van der Waals surface area contributed by atoms with Crippen LogP contribution < -0.4 is 5.73 Å². The number of hydrogen-bond acceptors (Lipinski definition) is 3. The van der Waals surface area contributed by atoms with Crippen molar-refractivity contribution in [1.82, 2.24) is 9.55 Å². The van der Waals surface area contributed by atoms with Crippen LogP contribution in [0.3, 0.4) is 0 Å². The van der Waals surface area contributed by atoms with E-state index in [1.807, 2.05) is 35.0 Å². The summed E-state index contributed by atoms with van der Waals surface area (Å²) in [7, 11) is 0. The number of hydrogen-bond donors (Lipinski definition) is 1. The van der Waals surface area contributed by atoms with Crippen LogP contribution in [0.5, 0.6) is 0 Å². The van der Waals surface area contributed by atoms with Gasteiger partial charge in [-0.1, -0.05) is 24.3 Å². The maximum absolute atomic E-state index is 10.7. The SMILES string of the molecule is NC(=O)OCC1c2ccccc2-c2cncn21. The summed E-state index contributed by atoms with van der Waals surface area (Å²) in [5.41, 5.74) is 8.30. The van der Waals surface area contributed by atoms with Crippen molar-refractivity contribution in [2.45, 2.75) is 6.04 Å². The molecule has 5 nitrogen and oxygen atoms in total. The lowest BCUT2D eigenvalue weighted by molar-refractivity contribution is 0.145. The summed E-state index contributed by atoms with van der Waals surface area (Å²) >= 11 is 0. The summed E-state index contributed by atoms with van der Waals surface area (Å²) < 4.78 is 6.89. The van der Waals surface area contributed by atoms with Crippen molar-refractivity contribution in [3.8, 4) is 11.3 Å². The number of nitrogens with zero attached hydrogens (tertiary/aromatic N) is 2. The lowest BCUT2D eigenvalue weighted by atomic mass is 10.0. The average molecular weight is 229 g/mol. The van der Waals surface area contributed by atoms with Gasteiger partial charge < -0.3 is 15.0 Å². The first-order valence-corrected chi connectivity index (χ1v) is 5.30. The van der Waals surface area contributed by atoms with Crippen LogP contribution >= 0.6 is 0 Å². The Morgan fingerprint density at radius 2 is 2.29 bits per heavy atom. The number of ether oxygens (including phenoxy) is 1. The van der Waals surface area contributed by atoms with E-state index < -0.39 is 6.09 Å². The molecule has 1 aromatic carbocycles. The highest BCUT2D eigenvalue weighted by molar-refractivity contribution is 5.69. The Morgan fingerprint density at radius 1 is 1.47 bits per heavy atom. The van der Waals surface area contributed by atoms with Gasteiger partial charge in [0.25, 0.3) is 0 Å². The molecule has 0 aliphatic carbocycles. The molecule has 3 rings (SSSR count). The number of aromatic nitrogens is 2. The van der Waals surface area contributed by atoms with Gasteiger partial charge in [-0.25, -0.2) is 9.78 Å². The molecule has 1 aliphatic heterocycles. The molecule has 2 aromatic rings. The topological polar surface area (TPSA) is 70.1 Å². The summed E-state index contributed by atoms with van der Waals surface area (Å²) in [6.07, 6.45) is 2.80. The highest BCUT2D eigenvalue weighted by Gasteiger charge is 2.28. The number of imidazole rings is 1. The number of fused-ring (bicyclic) bond motifs is 3. The standard InChI is InChI=1S/C12H11N3O2/c13-12(16)17-6-11-9-4-2-1-3-8(9)10-5-14-7-15(10)11/h1-5,7,11H,6H2,(H2,13,16). The van der Waals surface area contributed by atoms with Crippen molar-refractivity contribution in [3.63, 3.8) is 0 Å². The second-order valence-electron chi connectivity index (χ2n) is 3.92. The molecule has 1 amide bonds. The van der Waals surface area contributed by atoms with Crippen molar-refractivity contribution in [2.75, 3.05) is 6.61 Å². The molecule has 0 saturated carbocycles. The van der Waals surface area contributed by atoms with Gasteiger partial charge >= 0.3 is 6.09 Å². The van der Waals surface area contributed by atoms with Gasteiger partial charge in [0.05, 0.1) is 24.3 Å². The minimum atomic E-state index is -0.754. The fourth-order valence-corrected chi connectivity index (χ4v) is 2.26. The monoisotopic (exact) mass is 229 g/mol. The second kappa shape index (κ2) is 3.62. The molecule has 17 heavy (non-hydrogen) atoms. The summed E-state index contributed by atoms with van der Waals surface area (Å²) in [5, 5.41) is 0. The Bertz CT molecular complexity index is 577. The van der Waals surface area contributed by atoms with Crippen molar-refractivity contribution in [1.29, 1.82) is 0 Å². The van der Waals surface area contributed by atoms with Crippen molar-refractivity contribution < 1.29 is 9.53 Å². The molecule has 0 bridgehead atoms. The van der Waals surface area contributed by atoms with Gasteiger partial charge in [0.2, 0.25) is 0 Å². The maximum atomic E-state index is 10.7. The summed E-state index contributed by atoms with van der Waals surface area (Å²) in [6, 6.07) is 7.98. The third-order valence-electron chi connectivity index (χ3n) is 2.98. The van der Waals surface area contributed by atoms with Crippen LogP contribution in [0, 0.1) is 0 Å². The largest absolute Gasteiger partial charge is 0.447 e. The van der Waals surface area contributed by atoms with E-state index in [0.717, 1.165) is 16.8 Å². The molecule has 1 unspecified atom stereocenters. The summed E-state index contributed by atoms with van der Waals surface area (Å²) in [6.45, 7) is 0.232. The molecule has 1 aliphatic rings. The molecule has 0 fully saturated rings. The molecule has 2 heterocycles. The third-order valence-corrected chi connectivity index (χ3v) is 2.98. The molecule has 0 saturated heterocycles. The zero-order valence-electron chi connectivity index (χ0n) is 9.04. The molecule has 86 valence electrons. The smallest absolute Gasteiger partial charge is 0.404 e. The Kier molecular flexibility index (Phi) is 2.11. The maximum Gasteiger partial charge on any atom is 0.404 e. The van der Waals surface area contributed by atoms with Gasteiger partial charge in [0.1, 0.15) is 6.61 Å². The van der Waals surface area contributed by atoms with Crippen LogP contribution in [-0.4, -0.2) is 22.3 Å². The fraction of sp³-hybridized carbons (Fsp3) is 0.167. The van der Waals surface area contributed by atoms with E-state index in [-0.39, 0.29) is 12.6 Å². The van der Waals surface area contributed by atoms with E-state index in [1.54, 1.807) is 6.33 Å². The first-order valence-electron chi connectivity index (χ1n) is 5.30. The number of benzene rings is 1. The van der Waals surface area contributed by atoms with Crippen LogP contribution in [0.15, 0.2) is 36.8 Å². The van der Waals surface area contributed by atoms with Crippen LogP contribution in [-0.2, 0) is 4.74 Å². The van der Waals surface area contributed by atoms with E-state index in [1.165, 1.54) is 0 Å². The Morgan fingerprint density at radius 3 is 3.12 bits per heavy atom. The average Bonchev–Trinajstić information content (AvgIpc) is 2.87. The van der Waals surface area contributed by atoms with E-state index in [4.69, 9.17) is 10.5 Å². The predicted molar refractivity (Wildman–Crippen MR) is 61.3 cm³/mol. The van der Waals surface area contributed by atoms with Crippen LogP contribution in [0.25, 0.3) is 11.3 Å². The molecule has 1 atom stereocenters. The quantitative estimate of drug-likeness (QED) is 0.849. The highest BCUT2D eigenvalue weighted by atomic mass is 16.5. The highest BCUT2D eigenvalue weighted by Crippen LogP contribution is 2.38. The number of nitrogens with two attached hydrogens (primary N) is 1. The van der Waals surface area contributed by atoms with Crippen LogP contribution in [0.1, 0.15) is 11.6 Å². The minimum Gasteiger partial charge on any atom is -0.447 e. The summed E-state index contributed by atoms with van der Waals surface area (Å²) in [5.74, 6) is 0. The molecule has 2 N–H and O–H groups in total. The van der Waals surface area contributed by atoms with Crippen LogP contribution in [0.2, 0.25) is 0 Å². The van der Waals surface area contributed by atoms with Gasteiger partial charge in [0, 0.05) is 5.56 Å². The molecule has 0 spiro atoms. The molecular formula is C12H11N3O2. The lowest BCUT2D eigenvalue weighted by Crippen LogP contribution is -2.20. The van der Waals surface area contributed by atoms with Gasteiger partial charge in [-0.15, -0.1) is 0 Å². The molecule has 5 heteroatoms. The second-order valence-corrected chi connectivity index (χ2v) is 3.92. The lowest BCUT2D eigenvalue weighted by Gasteiger charge is -2.13. The summed E-state index contributed by atoms with van der Waals surface area (Å²) in [4.78, 5) is 14.8. The zero-order chi connectivity index (χ0) is 11.8. The first kappa shape index (κ1) is 9.89. The zero-order valence-corrected chi connectivity index (χ0v) is 9.04. The van der Waals surface area contributed by atoms with Crippen LogP contribution in [0.4, 0.5) is 4.79 Å².